The van der Waals surface area contributed by atoms with Crippen molar-refractivity contribution >= 4 is 5.91 Å². The van der Waals surface area contributed by atoms with Crippen LogP contribution in [0.3, 0.4) is 0 Å². The van der Waals surface area contributed by atoms with E-state index in [0.29, 0.717) is 50.4 Å². The van der Waals surface area contributed by atoms with Gasteiger partial charge in [-0.1, -0.05) is 6.07 Å². The molecule has 146 valence electrons. The number of hydrogen-bond donors (Lipinski definition) is 0. The zero-order valence-corrected chi connectivity index (χ0v) is 15.1. The normalized spacial score (nSPS) is 16.3. The number of aryl methyl sites for hydroxylation is 1. The number of nitrogens with zero attached hydrogens (tertiary/aromatic N) is 2. The number of halogens is 3. The molecule has 0 bridgehead atoms. The highest BCUT2D eigenvalue weighted by atomic mass is 19.4. The molecule has 0 N–H and O–H groups in total. The third kappa shape index (κ3) is 6.09. The van der Waals surface area contributed by atoms with E-state index in [4.69, 9.17) is 9.47 Å². The maximum Gasteiger partial charge on any atom is 0.401 e. The molecule has 0 spiro atoms. The van der Waals surface area contributed by atoms with Gasteiger partial charge in [0.2, 0.25) is 5.91 Å². The molecule has 1 fully saturated rings. The molecule has 0 radical (unpaired) electrons. The van der Waals surface area contributed by atoms with Crippen molar-refractivity contribution in [1.29, 1.82) is 0 Å². The summed E-state index contributed by atoms with van der Waals surface area (Å²) in [5.41, 5.74) is 0.949. The second-order valence-corrected chi connectivity index (χ2v) is 6.32. The number of methoxy groups -OCH3 is 2. The van der Waals surface area contributed by atoms with Gasteiger partial charge in [-0.25, -0.2) is 0 Å². The number of benzene rings is 1. The number of carbonyl (C=O) groups is 1. The molecule has 0 aromatic heterocycles. The molecule has 0 atom stereocenters. The highest BCUT2D eigenvalue weighted by Crippen LogP contribution is 2.28. The topological polar surface area (TPSA) is 42.0 Å². The molecule has 8 heteroatoms. The first kappa shape index (κ1) is 20.4. The summed E-state index contributed by atoms with van der Waals surface area (Å²) in [4.78, 5) is 15.4. The molecular weight excluding hydrogens is 349 g/mol. The first-order valence-corrected chi connectivity index (χ1v) is 8.60. The van der Waals surface area contributed by atoms with Crippen LogP contribution in [0.15, 0.2) is 18.2 Å². The van der Waals surface area contributed by atoms with Gasteiger partial charge in [0.15, 0.2) is 11.5 Å². The second kappa shape index (κ2) is 9.12. The number of ether oxygens (including phenoxy) is 2. The molecule has 1 amide bonds. The largest absolute Gasteiger partial charge is 0.493 e. The number of alkyl halides is 3. The lowest BCUT2D eigenvalue weighted by molar-refractivity contribution is -0.145. The Morgan fingerprint density at radius 3 is 2.46 bits per heavy atom. The molecule has 26 heavy (non-hydrogen) atoms. The number of rotatable bonds is 6. The molecule has 0 saturated carbocycles. The Hall–Kier alpha value is -1.96. The molecule has 1 heterocycles. The molecule has 0 aliphatic carbocycles. The van der Waals surface area contributed by atoms with Gasteiger partial charge >= 0.3 is 6.18 Å². The van der Waals surface area contributed by atoms with Crippen LogP contribution in [-0.2, 0) is 11.2 Å². The van der Waals surface area contributed by atoms with Crippen LogP contribution in [0, 0.1) is 0 Å². The number of carbonyl (C=O) groups excluding carboxylic acids is 1. The highest BCUT2D eigenvalue weighted by Gasteiger charge is 2.31. The van der Waals surface area contributed by atoms with E-state index in [-0.39, 0.29) is 12.5 Å². The number of hydrogen-bond acceptors (Lipinski definition) is 4. The Balaban J connectivity index is 1.86. The maximum absolute atomic E-state index is 12.5. The highest BCUT2D eigenvalue weighted by molar-refractivity contribution is 5.76. The van der Waals surface area contributed by atoms with Crippen molar-refractivity contribution in [1.82, 2.24) is 9.80 Å². The SMILES string of the molecule is COc1ccc(CCC(=O)N2CCCN(CC(F)(F)F)CC2)cc1OC. The molecule has 0 unspecified atom stereocenters. The predicted molar refractivity (Wildman–Crippen MR) is 91.6 cm³/mol. The molecule has 1 saturated heterocycles. The lowest BCUT2D eigenvalue weighted by Gasteiger charge is -2.23. The molecule has 2 rings (SSSR count). The van der Waals surface area contributed by atoms with Gasteiger partial charge in [-0.05, 0) is 30.5 Å². The summed E-state index contributed by atoms with van der Waals surface area (Å²) in [6.07, 6.45) is -2.79. The van der Waals surface area contributed by atoms with E-state index >= 15 is 0 Å². The van der Waals surface area contributed by atoms with Gasteiger partial charge < -0.3 is 14.4 Å². The third-order valence-corrected chi connectivity index (χ3v) is 4.42. The van der Waals surface area contributed by atoms with E-state index in [1.54, 1.807) is 25.2 Å². The summed E-state index contributed by atoms with van der Waals surface area (Å²) in [7, 11) is 3.11. The Morgan fingerprint density at radius 1 is 1.08 bits per heavy atom. The van der Waals surface area contributed by atoms with Gasteiger partial charge in [0.1, 0.15) is 0 Å². The number of amides is 1. The maximum atomic E-state index is 12.5. The molecule has 1 aliphatic rings. The molecule has 1 aromatic rings. The first-order chi connectivity index (χ1) is 12.3. The average Bonchev–Trinajstić information content (AvgIpc) is 2.83. The Morgan fingerprint density at radius 2 is 1.81 bits per heavy atom. The average molecular weight is 374 g/mol. The van der Waals surface area contributed by atoms with Crippen LogP contribution < -0.4 is 9.47 Å². The van der Waals surface area contributed by atoms with Crippen molar-refractivity contribution in [2.24, 2.45) is 0 Å². The van der Waals surface area contributed by atoms with Crippen molar-refractivity contribution in [2.75, 3.05) is 46.9 Å². The summed E-state index contributed by atoms with van der Waals surface area (Å²) >= 11 is 0. The minimum absolute atomic E-state index is 0.0337. The summed E-state index contributed by atoms with van der Waals surface area (Å²) in [5, 5.41) is 0. The molecule has 1 aromatic carbocycles. The van der Waals surface area contributed by atoms with Crippen molar-refractivity contribution in [3.05, 3.63) is 23.8 Å². The Kier molecular flexibility index (Phi) is 7.14. The van der Waals surface area contributed by atoms with E-state index in [1.807, 2.05) is 12.1 Å². The van der Waals surface area contributed by atoms with Crippen molar-refractivity contribution in [3.8, 4) is 11.5 Å². The van der Waals surface area contributed by atoms with E-state index in [2.05, 4.69) is 0 Å². The summed E-state index contributed by atoms with van der Waals surface area (Å²) in [6, 6.07) is 5.50. The van der Waals surface area contributed by atoms with Gasteiger partial charge in [0.05, 0.1) is 20.8 Å². The Labute approximate surface area is 151 Å². The Bertz CT molecular complexity index is 608. The molecule has 1 aliphatic heterocycles. The van der Waals surface area contributed by atoms with Crippen LogP contribution in [0.1, 0.15) is 18.4 Å². The quantitative estimate of drug-likeness (QED) is 0.768. The molecular formula is C18H25F3N2O3. The lowest BCUT2D eigenvalue weighted by atomic mass is 10.1. The van der Waals surface area contributed by atoms with Gasteiger partial charge in [-0.2, -0.15) is 13.2 Å². The summed E-state index contributed by atoms with van der Waals surface area (Å²) in [6.45, 7) is 0.529. The minimum atomic E-state index is -4.20. The summed E-state index contributed by atoms with van der Waals surface area (Å²) in [5.74, 6) is 1.20. The fraction of sp³-hybridized carbons (Fsp3) is 0.611. The van der Waals surface area contributed by atoms with Gasteiger partial charge in [-0.15, -0.1) is 0 Å². The monoisotopic (exact) mass is 374 g/mol. The van der Waals surface area contributed by atoms with E-state index in [1.165, 1.54) is 4.90 Å². The van der Waals surface area contributed by atoms with Crippen LogP contribution in [0.4, 0.5) is 13.2 Å². The van der Waals surface area contributed by atoms with Gasteiger partial charge in [0.25, 0.3) is 0 Å². The summed E-state index contributed by atoms with van der Waals surface area (Å²) < 4.78 is 48.0. The van der Waals surface area contributed by atoms with E-state index in [9.17, 15) is 18.0 Å². The zero-order valence-electron chi connectivity index (χ0n) is 15.1. The van der Waals surface area contributed by atoms with Crippen LogP contribution in [-0.4, -0.2) is 68.8 Å². The van der Waals surface area contributed by atoms with Gasteiger partial charge in [0, 0.05) is 32.6 Å². The third-order valence-electron chi connectivity index (χ3n) is 4.42. The van der Waals surface area contributed by atoms with Crippen molar-refractivity contribution < 1.29 is 27.4 Å². The minimum Gasteiger partial charge on any atom is -0.493 e. The van der Waals surface area contributed by atoms with Gasteiger partial charge in [-0.3, -0.25) is 9.69 Å². The smallest absolute Gasteiger partial charge is 0.401 e. The zero-order chi connectivity index (χ0) is 19.2. The van der Waals surface area contributed by atoms with Crippen LogP contribution >= 0.6 is 0 Å². The van der Waals surface area contributed by atoms with E-state index < -0.39 is 12.7 Å². The van der Waals surface area contributed by atoms with Crippen molar-refractivity contribution in [2.45, 2.75) is 25.4 Å². The first-order valence-electron chi connectivity index (χ1n) is 8.60. The molecule has 5 nitrogen and oxygen atoms in total. The predicted octanol–water partition coefficient (Wildman–Crippen LogP) is 2.73. The fourth-order valence-corrected chi connectivity index (χ4v) is 3.08. The van der Waals surface area contributed by atoms with Crippen LogP contribution in [0.5, 0.6) is 11.5 Å². The van der Waals surface area contributed by atoms with Crippen molar-refractivity contribution in [3.63, 3.8) is 0 Å². The lowest BCUT2D eigenvalue weighted by Crippen LogP contribution is -2.38. The van der Waals surface area contributed by atoms with Crippen LogP contribution in [0.2, 0.25) is 0 Å². The second-order valence-electron chi connectivity index (χ2n) is 6.32. The standard InChI is InChI=1S/C18H25F3N2O3/c1-25-15-6-4-14(12-16(15)26-2)5-7-17(24)23-9-3-8-22(10-11-23)13-18(19,20)21/h4,6,12H,3,5,7-11,13H2,1-2H3. The fourth-order valence-electron chi connectivity index (χ4n) is 3.08. The van der Waals surface area contributed by atoms with E-state index in [0.717, 1.165) is 5.56 Å². The van der Waals surface area contributed by atoms with Crippen LogP contribution in [0.25, 0.3) is 0 Å².